The molecule has 1 aliphatic carbocycles. The summed E-state index contributed by atoms with van der Waals surface area (Å²) in [5, 5.41) is 17.1. The lowest BCUT2D eigenvalue weighted by Gasteiger charge is -2.28. The Balaban J connectivity index is 1.63. The van der Waals surface area contributed by atoms with E-state index >= 15 is 0 Å². The number of hydrogen-bond acceptors (Lipinski definition) is 2. The first-order valence-corrected chi connectivity index (χ1v) is 9.12. The Morgan fingerprint density at radius 3 is 2.28 bits per heavy atom. The van der Waals surface area contributed by atoms with E-state index in [-0.39, 0.29) is 0 Å². The van der Waals surface area contributed by atoms with E-state index in [0.717, 1.165) is 36.7 Å². The van der Waals surface area contributed by atoms with Crippen LogP contribution in [0.2, 0.25) is 0 Å². The zero-order valence-corrected chi connectivity index (χ0v) is 14.6. The highest BCUT2D eigenvalue weighted by Gasteiger charge is 2.20. The van der Waals surface area contributed by atoms with E-state index in [1.165, 1.54) is 49.8 Å². The molecule has 0 unspecified atom stereocenters. The maximum atomic E-state index is 12.6. The molecule has 0 spiro atoms. The van der Waals surface area contributed by atoms with Crippen LogP contribution in [-0.2, 0) is 6.42 Å². The monoisotopic (exact) mass is 336 g/mol. The summed E-state index contributed by atoms with van der Waals surface area (Å²) in [4.78, 5) is 0. The summed E-state index contributed by atoms with van der Waals surface area (Å²) >= 11 is 0. The Labute approximate surface area is 150 Å². The highest BCUT2D eigenvalue weighted by Crippen LogP contribution is 2.34. The Morgan fingerprint density at radius 1 is 1.04 bits per heavy atom. The third-order valence-corrected chi connectivity index (χ3v) is 5.12. The molecule has 0 atom stereocenters. The third kappa shape index (κ3) is 6.94. The van der Waals surface area contributed by atoms with Crippen LogP contribution >= 0.6 is 0 Å². The summed E-state index contributed by atoms with van der Waals surface area (Å²) in [6, 6.07) is 11.6. The van der Waals surface area contributed by atoms with Crippen molar-refractivity contribution in [2.45, 2.75) is 51.4 Å². The molecule has 3 heteroatoms. The van der Waals surface area contributed by atoms with Crippen molar-refractivity contribution in [3.63, 3.8) is 0 Å². The van der Waals surface area contributed by atoms with Crippen LogP contribution in [0, 0.1) is 34.5 Å². The average Bonchev–Trinajstić information content (AvgIpc) is 2.67. The van der Waals surface area contributed by atoms with E-state index in [2.05, 4.69) is 18.2 Å². The van der Waals surface area contributed by atoms with Crippen LogP contribution in [0.4, 0.5) is 4.39 Å². The summed E-state index contributed by atoms with van der Waals surface area (Å²) in [6.45, 7) is 0. The van der Waals surface area contributed by atoms with Crippen LogP contribution in [0.1, 0.15) is 56.1 Å². The first kappa shape index (κ1) is 18.9. The van der Waals surface area contributed by atoms with Gasteiger partial charge in [0, 0.05) is 0 Å². The fourth-order valence-corrected chi connectivity index (χ4v) is 3.54. The number of nitrogens with zero attached hydrogens (tertiary/aromatic N) is 2. The van der Waals surface area contributed by atoms with E-state index in [4.69, 9.17) is 10.5 Å². The zero-order chi connectivity index (χ0) is 17.9. The molecule has 1 fully saturated rings. The van der Waals surface area contributed by atoms with E-state index in [0.29, 0.717) is 0 Å². The molecular formula is C22H25FN2. The lowest BCUT2D eigenvalue weighted by molar-refractivity contribution is 0.254. The molecule has 130 valence electrons. The molecule has 1 aromatic carbocycles. The van der Waals surface area contributed by atoms with Crippen molar-refractivity contribution in [2.75, 3.05) is 0 Å². The largest absolute Gasteiger partial charge is 0.199 e. The second kappa shape index (κ2) is 10.5. The Kier molecular flexibility index (Phi) is 7.93. The standard InChI is InChI=1S/C22H25FN2/c23-22(17-25)5-3-1-2-4-18-6-8-19(9-7-18)10-11-20-12-14-21(16-24)15-13-20/h1,3,5,12-15,18-19H,2,4,6-11H2/t18-,19-. The second-order valence-electron chi connectivity index (χ2n) is 6.87. The molecule has 0 aliphatic heterocycles. The van der Waals surface area contributed by atoms with Gasteiger partial charge in [0.15, 0.2) is 5.83 Å². The van der Waals surface area contributed by atoms with Crippen LogP contribution in [0.3, 0.4) is 0 Å². The molecule has 0 amide bonds. The SMILES string of the molecule is N#CC(F)=CC=CCC[C@H]1CC[C@H](CCc2ccc(C#N)cc2)CC1. The fraction of sp³-hybridized carbons (Fsp3) is 0.455. The molecule has 1 saturated carbocycles. The minimum Gasteiger partial charge on any atom is -0.195 e. The minimum atomic E-state index is -0.737. The van der Waals surface area contributed by atoms with Gasteiger partial charge >= 0.3 is 0 Å². The van der Waals surface area contributed by atoms with Crippen LogP contribution in [-0.4, -0.2) is 0 Å². The fourth-order valence-electron chi connectivity index (χ4n) is 3.54. The van der Waals surface area contributed by atoms with Gasteiger partial charge in [-0.25, -0.2) is 0 Å². The van der Waals surface area contributed by atoms with Crippen molar-refractivity contribution in [1.82, 2.24) is 0 Å². The average molecular weight is 336 g/mol. The topological polar surface area (TPSA) is 47.6 Å². The van der Waals surface area contributed by atoms with E-state index < -0.39 is 5.83 Å². The molecule has 0 aromatic heterocycles. The van der Waals surface area contributed by atoms with Crippen LogP contribution in [0.5, 0.6) is 0 Å². The second-order valence-corrected chi connectivity index (χ2v) is 6.87. The number of nitriles is 2. The maximum absolute atomic E-state index is 12.6. The zero-order valence-electron chi connectivity index (χ0n) is 14.6. The molecular weight excluding hydrogens is 311 g/mol. The van der Waals surface area contributed by atoms with Gasteiger partial charge in [0.05, 0.1) is 11.6 Å². The summed E-state index contributed by atoms with van der Waals surface area (Å²) in [5.41, 5.74) is 2.05. The number of halogens is 1. The predicted molar refractivity (Wildman–Crippen MR) is 98.1 cm³/mol. The van der Waals surface area contributed by atoms with Crippen molar-refractivity contribution in [3.8, 4) is 12.1 Å². The van der Waals surface area contributed by atoms with Crippen LogP contribution in [0.15, 0.2) is 48.3 Å². The van der Waals surface area contributed by atoms with Gasteiger partial charge in [0.25, 0.3) is 0 Å². The van der Waals surface area contributed by atoms with Gasteiger partial charge in [-0.2, -0.15) is 14.9 Å². The molecule has 0 radical (unpaired) electrons. The highest BCUT2D eigenvalue weighted by atomic mass is 19.1. The normalized spacial score (nSPS) is 21.0. The number of benzene rings is 1. The van der Waals surface area contributed by atoms with Crippen molar-refractivity contribution in [3.05, 3.63) is 59.4 Å². The van der Waals surface area contributed by atoms with Gasteiger partial charge in [0.1, 0.15) is 6.07 Å². The van der Waals surface area contributed by atoms with E-state index in [1.54, 1.807) is 6.08 Å². The molecule has 2 rings (SSSR count). The van der Waals surface area contributed by atoms with Crippen molar-refractivity contribution < 1.29 is 4.39 Å². The number of hydrogen-bond donors (Lipinski definition) is 0. The molecule has 25 heavy (non-hydrogen) atoms. The van der Waals surface area contributed by atoms with E-state index in [1.807, 2.05) is 18.2 Å². The van der Waals surface area contributed by atoms with Gasteiger partial charge in [0.2, 0.25) is 0 Å². The highest BCUT2D eigenvalue weighted by molar-refractivity contribution is 5.31. The Bertz CT molecular complexity index is 665. The molecule has 0 heterocycles. The molecule has 0 saturated heterocycles. The van der Waals surface area contributed by atoms with Gasteiger partial charge in [-0.1, -0.05) is 50.0 Å². The number of allylic oxidation sites excluding steroid dienone is 4. The van der Waals surface area contributed by atoms with Crippen molar-refractivity contribution >= 4 is 0 Å². The summed E-state index contributed by atoms with van der Waals surface area (Å²) in [7, 11) is 0. The lowest BCUT2D eigenvalue weighted by Crippen LogP contribution is -2.15. The first-order chi connectivity index (χ1) is 12.2. The lowest BCUT2D eigenvalue weighted by atomic mass is 9.78. The first-order valence-electron chi connectivity index (χ1n) is 9.12. The number of aryl methyl sites for hydroxylation is 1. The Morgan fingerprint density at radius 2 is 1.68 bits per heavy atom. The van der Waals surface area contributed by atoms with E-state index in [9.17, 15) is 4.39 Å². The van der Waals surface area contributed by atoms with Crippen molar-refractivity contribution in [1.29, 1.82) is 10.5 Å². The third-order valence-electron chi connectivity index (χ3n) is 5.12. The Hall–Kier alpha value is -2.39. The maximum Gasteiger partial charge on any atom is 0.199 e. The minimum absolute atomic E-state index is 0.726. The van der Waals surface area contributed by atoms with Gasteiger partial charge in [-0.3, -0.25) is 0 Å². The smallest absolute Gasteiger partial charge is 0.195 e. The molecule has 1 aliphatic rings. The molecule has 1 aromatic rings. The summed E-state index contributed by atoms with van der Waals surface area (Å²) in [5.74, 6) is 0.856. The molecule has 2 nitrogen and oxygen atoms in total. The summed E-state index contributed by atoms with van der Waals surface area (Å²) < 4.78 is 12.6. The van der Waals surface area contributed by atoms with Crippen LogP contribution in [0.25, 0.3) is 0 Å². The predicted octanol–water partition coefficient (Wildman–Crippen LogP) is 6.01. The van der Waals surface area contributed by atoms with Gasteiger partial charge in [-0.05, 0) is 61.3 Å². The number of rotatable bonds is 7. The molecule has 0 bridgehead atoms. The quantitative estimate of drug-likeness (QED) is 0.452. The summed E-state index contributed by atoms with van der Waals surface area (Å²) in [6.07, 6.45) is 14.4. The van der Waals surface area contributed by atoms with Crippen molar-refractivity contribution in [2.24, 2.45) is 11.8 Å². The van der Waals surface area contributed by atoms with Gasteiger partial charge in [-0.15, -0.1) is 0 Å². The molecule has 0 N–H and O–H groups in total. The van der Waals surface area contributed by atoms with Gasteiger partial charge < -0.3 is 0 Å². The van der Waals surface area contributed by atoms with Crippen LogP contribution < -0.4 is 0 Å².